The van der Waals surface area contributed by atoms with Crippen LogP contribution in [0.15, 0.2) is 0 Å². The Morgan fingerprint density at radius 3 is 1.33 bits per heavy atom. The average molecular weight is 378 g/mol. The summed E-state index contributed by atoms with van der Waals surface area (Å²) in [5, 5.41) is 33.8. The predicted molar refractivity (Wildman–Crippen MR) is 45.6 cm³/mol. The van der Waals surface area contributed by atoms with Gasteiger partial charge in [0, 0.05) is 21.1 Å². The summed E-state index contributed by atoms with van der Waals surface area (Å²) in [6, 6.07) is 0. The maximum absolute atomic E-state index is 10.3. The fourth-order valence-electron chi connectivity index (χ4n) is 0.714. The molecule has 0 aromatic heterocycles. The van der Waals surface area contributed by atoms with Crippen molar-refractivity contribution in [1.82, 2.24) is 0 Å². The zero-order valence-corrected chi connectivity index (χ0v) is 8.84. The van der Waals surface area contributed by atoms with Gasteiger partial charge < -0.3 is 20.4 Å². The van der Waals surface area contributed by atoms with Crippen LogP contribution in [0, 0.1) is 0 Å². The summed E-state index contributed by atoms with van der Waals surface area (Å²) >= 11 is 0. The Hall–Kier alpha value is 0.539. The molecule has 0 fully saturated rings. The van der Waals surface area contributed by atoms with Gasteiger partial charge in [-0.15, -0.1) is 0 Å². The normalized spacial score (nSPS) is 9.40. The molecule has 0 aliphatic heterocycles. The van der Waals surface area contributed by atoms with E-state index in [0.29, 0.717) is 0 Å². The molecule has 7 nitrogen and oxygen atoms in total. The van der Waals surface area contributed by atoms with Crippen molar-refractivity contribution >= 4 is 63.4 Å². The summed E-state index contributed by atoms with van der Waals surface area (Å²) in [6.07, 6.45) is -2.29. The average Bonchev–Trinajstić information content (AvgIpc) is 1.82. The molecule has 0 saturated carbocycles. The Kier molecular flexibility index (Phi) is 12.1. The first-order valence-electron chi connectivity index (χ1n) is 3.17. The van der Waals surface area contributed by atoms with E-state index < -0.39 is 36.4 Å². The summed E-state index contributed by atoms with van der Waals surface area (Å²) in [6.45, 7) is 0. The van der Waals surface area contributed by atoms with Crippen LogP contribution in [0.3, 0.4) is 0 Å². The molecule has 0 saturated heterocycles. The number of aliphatic carboxylic acids is 3. The van der Waals surface area contributed by atoms with E-state index in [9.17, 15) is 14.4 Å². The van der Waals surface area contributed by atoms with Crippen molar-refractivity contribution in [2.75, 3.05) is 0 Å². The van der Waals surface area contributed by atoms with Crippen LogP contribution in [0.5, 0.6) is 0 Å². The third kappa shape index (κ3) is 8.36. The summed E-state index contributed by atoms with van der Waals surface area (Å²) in [4.78, 5) is 30.5. The zero-order valence-electron chi connectivity index (χ0n) is 6.84. The van der Waals surface area contributed by atoms with E-state index in [0.717, 1.165) is 0 Å². The van der Waals surface area contributed by atoms with Gasteiger partial charge in [-0.05, 0) is 0 Å². The van der Waals surface area contributed by atoms with Crippen LogP contribution >= 0.6 is 0 Å². The van der Waals surface area contributed by atoms with Crippen molar-refractivity contribution < 1.29 is 55.9 Å². The third-order valence-corrected chi connectivity index (χ3v) is 1.29. The summed E-state index contributed by atoms with van der Waals surface area (Å²) < 4.78 is 0. The van der Waals surface area contributed by atoms with Gasteiger partial charge in [-0.3, -0.25) is 9.59 Å². The number of hydrogen-bond acceptors (Lipinski definition) is 4. The van der Waals surface area contributed by atoms with E-state index in [1.807, 2.05) is 0 Å². The number of carbonyl (C=O) groups is 3. The molecule has 0 radical (unpaired) electrons. The van der Waals surface area contributed by atoms with Gasteiger partial charge in [0.1, 0.15) is 0 Å². The standard InChI is InChI=1S/C6H8O7.Mo.Sr.2H/c7-3(8)1-6(13,5(11)12)2-4(9)10;;;;/h13H,1-2H2,(H,7,8)(H,9,10)(H,11,12);;;;. The maximum atomic E-state index is 10.3. The molecule has 0 amide bonds. The molecule has 0 spiro atoms. The van der Waals surface area contributed by atoms with Crippen molar-refractivity contribution in [3.63, 3.8) is 0 Å². The Morgan fingerprint density at radius 1 is 0.933 bits per heavy atom. The number of carboxylic acid groups (broad SMARTS) is 3. The summed E-state index contributed by atoms with van der Waals surface area (Å²) in [5.41, 5.74) is -2.74. The van der Waals surface area contributed by atoms with Gasteiger partial charge in [0.2, 0.25) is 0 Å². The number of hydrogen-bond donors (Lipinski definition) is 4. The minimum atomic E-state index is -2.74. The second kappa shape index (κ2) is 8.66. The summed E-state index contributed by atoms with van der Waals surface area (Å²) in [7, 11) is 0. The SMILES string of the molecule is O=C(O)CC(O)(CC(=O)O)C(=O)O.[Mo].[SrH2]. The Balaban J connectivity index is -0.000000720. The van der Waals surface area contributed by atoms with Crippen molar-refractivity contribution in [1.29, 1.82) is 0 Å². The molecule has 0 rings (SSSR count). The molecule has 0 heterocycles. The van der Waals surface area contributed by atoms with Gasteiger partial charge in [-0.2, -0.15) is 0 Å². The third-order valence-electron chi connectivity index (χ3n) is 1.29. The Morgan fingerprint density at radius 2 is 1.20 bits per heavy atom. The van der Waals surface area contributed by atoms with E-state index in [1.54, 1.807) is 0 Å². The van der Waals surface area contributed by atoms with Crippen LogP contribution in [-0.4, -0.2) is 89.4 Å². The molecule has 0 aliphatic rings. The molecule has 0 bridgehead atoms. The second-order valence-corrected chi connectivity index (χ2v) is 2.48. The van der Waals surface area contributed by atoms with Crippen LogP contribution < -0.4 is 0 Å². The second-order valence-electron chi connectivity index (χ2n) is 2.48. The van der Waals surface area contributed by atoms with Gasteiger partial charge in [-0.1, -0.05) is 0 Å². The molecule has 84 valence electrons. The molecular weight excluding hydrogens is 368 g/mol. The zero-order chi connectivity index (χ0) is 10.6. The van der Waals surface area contributed by atoms with Gasteiger partial charge in [0.15, 0.2) is 5.60 Å². The number of rotatable bonds is 5. The van der Waals surface area contributed by atoms with E-state index in [1.165, 1.54) is 0 Å². The number of carboxylic acids is 3. The predicted octanol–water partition coefficient (Wildman–Crippen LogP) is -2.17. The summed E-state index contributed by atoms with van der Waals surface area (Å²) in [5.74, 6) is -5.02. The van der Waals surface area contributed by atoms with Crippen molar-refractivity contribution in [3.05, 3.63) is 0 Å². The molecule has 0 unspecified atom stereocenters. The van der Waals surface area contributed by atoms with Crippen molar-refractivity contribution in [3.8, 4) is 0 Å². The molecule has 0 atom stereocenters. The molecule has 15 heavy (non-hydrogen) atoms. The van der Waals surface area contributed by atoms with Gasteiger partial charge in [-0.25, -0.2) is 4.79 Å². The van der Waals surface area contributed by atoms with Gasteiger partial charge in [0.05, 0.1) is 12.8 Å². The van der Waals surface area contributed by atoms with E-state index in [-0.39, 0.29) is 66.5 Å². The number of aliphatic hydroxyl groups is 1. The van der Waals surface area contributed by atoms with E-state index in [4.69, 9.17) is 20.4 Å². The van der Waals surface area contributed by atoms with Crippen LogP contribution in [0.25, 0.3) is 0 Å². The molecular formula is C6H10MoO7Sr. The van der Waals surface area contributed by atoms with E-state index in [2.05, 4.69) is 0 Å². The molecule has 0 aliphatic carbocycles. The fraction of sp³-hybridized carbons (Fsp3) is 0.500. The van der Waals surface area contributed by atoms with Gasteiger partial charge >= 0.3 is 63.4 Å². The Labute approximate surface area is 136 Å². The van der Waals surface area contributed by atoms with E-state index >= 15 is 0 Å². The molecule has 0 aromatic rings. The van der Waals surface area contributed by atoms with Crippen LogP contribution in [-0.2, 0) is 35.4 Å². The van der Waals surface area contributed by atoms with Crippen molar-refractivity contribution in [2.24, 2.45) is 0 Å². The quantitative estimate of drug-likeness (QED) is 0.401. The van der Waals surface area contributed by atoms with Crippen LogP contribution in [0.1, 0.15) is 12.8 Å². The van der Waals surface area contributed by atoms with Crippen molar-refractivity contribution in [2.45, 2.75) is 18.4 Å². The van der Waals surface area contributed by atoms with Crippen LogP contribution in [0.4, 0.5) is 0 Å². The molecule has 4 N–H and O–H groups in total. The molecule has 9 heteroatoms. The fourth-order valence-corrected chi connectivity index (χ4v) is 0.714. The first-order chi connectivity index (χ1) is 5.78. The first kappa shape index (κ1) is 20.9. The molecule has 0 aromatic carbocycles. The minimum absolute atomic E-state index is 0. The first-order valence-corrected chi connectivity index (χ1v) is 3.17. The Bertz CT molecular complexity index is 238. The topological polar surface area (TPSA) is 132 Å². The van der Waals surface area contributed by atoms with Crippen LogP contribution in [0.2, 0.25) is 0 Å². The monoisotopic (exact) mass is 380 g/mol. The van der Waals surface area contributed by atoms with Gasteiger partial charge in [0.25, 0.3) is 0 Å².